The topological polar surface area (TPSA) is 27.7 Å². The number of hydrogen-bond donors (Lipinski definition) is 0. The fourth-order valence-electron chi connectivity index (χ4n) is 1.10. The van der Waals surface area contributed by atoms with Gasteiger partial charge in [0.2, 0.25) is 0 Å². The minimum atomic E-state index is 0.510. The van der Waals surface area contributed by atoms with Gasteiger partial charge >= 0.3 is 0 Å². The highest BCUT2D eigenvalue weighted by Gasteiger charge is 1.94. The Balaban J connectivity index is 2.39. The van der Waals surface area contributed by atoms with Crippen molar-refractivity contribution in [2.75, 3.05) is 27.4 Å². The Hall–Kier alpha value is -1.00. The smallest absolute Gasteiger partial charge is 0.120 e. The molecule has 1 aromatic carbocycles. The lowest BCUT2D eigenvalue weighted by Gasteiger charge is -2.05. The van der Waals surface area contributed by atoms with Crippen molar-refractivity contribution < 1.29 is 14.2 Å². The molecule has 0 fully saturated rings. The molecule has 0 aromatic heterocycles. The fourth-order valence-corrected chi connectivity index (χ4v) is 1.46. The lowest BCUT2D eigenvalue weighted by molar-refractivity contribution is 0.231. The van der Waals surface area contributed by atoms with E-state index in [1.54, 1.807) is 14.2 Å². The second-order valence-electron chi connectivity index (χ2n) is 3.07. The maximum atomic E-state index is 5.50. The fraction of sp³-hybridized carbons (Fsp3) is 0.333. The Morgan fingerprint density at radius 1 is 1.19 bits per heavy atom. The van der Waals surface area contributed by atoms with Gasteiger partial charge < -0.3 is 14.2 Å². The zero-order chi connectivity index (χ0) is 11.8. The number of benzene rings is 1. The van der Waals surface area contributed by atoms with Crippen LogP contribution in [0.25, 0.3) is 0 Å². The van der Waals surface area contributed by atoms with Crippen LogP contribution in [0.3, 0.4) is 0 Å². The van der Waals surface area contributed by atoms with Crippen molar-refractivity contribution in [3.8, 4) is 11.5 Å². The summed E-state index contributed by atoms with van der Waals surface area (Å²) < 4.78 is 16.5. The Morgan fingerprint density at radius 3 is 2.38 bits per heavy atom. The Labute approximate surface area is 104 Å². The molecule has 0 saturated heterocycles. The first-order valence-corrected chi connectivity index (χ1v) is 5.66. The highest BCUT2D eigenvalue weighted by molar-refractivity contribution is 9.11. The van der Waals surface area contributed by atoms with Crippen LogP contribution in [0.5, 0.6) is 11.5 Å². The summed E-state index contributed by atoms with van der Waals surface area (Å²) in [4.78, 5) is 0. The molecule has 16 heavy (non-hydrogen) atoms. The first-order chi connectivity index (χ1) is 7.76. The van der Waals surface area contributed by atoms with Gasteiger partial charge in [-0.2, -0.15) is 0 Å². The lowest BCUT2D eigenvalue weighted by atomic mass is 10.3. The van der Waals surface area contributed by atoms with Gasteiger partial charge in [-0.05, 0) is 30.3 Å². The molecule has 0 N–H and O–H groups in total. The second-order valence-corrected chi connectivity index (χ2v) is 4.09. The summed E-state index contributed by atoms with van der Waals surface area (Å²) >= 11 is 3.37. The van der Waals surface area contributed by atoms with Crippen LogP contribution in [0.2, 0.25) is 0 Å². The van der Waals surface area contributed by atoms with Crippen LogP contribution in [0.15, 0.2) is 34.8 Å². The molecule has 1 aromatic rings. The highest BCUT2D eigenvalue weighted by Crippen LogP contribution is 2.17. The third-order valence-corrected chi connectivity index (χ3v) is 2.45. The van der Waals surface area contributed by atoms with E-state index in [9.17, 15) is 0 Å². The van der Waals surface area contributed by atoms with E-state index < -0.39 is 0 Å². The van der Waals surface area contributed by atoms with Crippen molar-refractivity contribution in [2.45, 2.75) is 0 Å². The molecule has 88 valence electrons. The molecule has 0 atom stereocenters. The average Bonchev–Trinajstić information content (AvgIpc) is 2.30. The van der Waals surface area contributed by atoms with Gasteiger partial charge in [0, 0.05) is 11.6 Å². The van der Waals surface area contributed by atoms with Crippen molar-refractivity contribution in [3.63, 3.8) is 0 Å². The molecule has 0 aliphatic heterocycles. The van der Waals surface area contributed by atoms with E-state index in [1.165, 1.54) is 0 Å². The van der Waals surface area contributed by atoms with Crippen LogP contribution >= 0.6 is 15.9 Å². The molecule has 0 amide bonds. The van der Waals surface area contributed by atoms with Crippen LogP contribution in [0, 0.1) is 0 Å². The van der Waals surface area contributed by atoms with Crippen LogP contribution in [-0.4, -0.2) is 27.4 Å². The van der Waals surface area contributed by atoms with Gasteiger partial charge in [-0.15, -0.1) is 0 Å². The van der Waals surface area contributed by atoms with Gasteiger partial charge in [-0.1, -0.05) is 15.9 Å². The molecule has 0 aliphatic rings. The van der Waals surface area contributed by atoms with E-state index in [1.807, 2.05) is 30.3 Å². The summed E-state index contributed by atoms with van der Waals surface area (Å²) in [5, 5.41) is 0. The third-order valence-electron chi connectivity index (χ3n) is 1.90. The summed E-state index contributed by atoms with van der Waals surface area (Å²) in [5.41, 5.74) is 0. The minimum absolute atomic E-state index is 0.510. The maximum Gasteiger partial charge on any atom is 0.120 e. The number of hydrogen-bond acceptors (Lipinski definition) is 3. The SMILES string of the molecule is COC/C(Br)=C\COc1ccc(OC)cc1. The molecule has 0 bridgehead atoms. The van der Waals surface area contributed by atoms with Crippen molar-refractivity contribution in [1.29, 1.82) is 0 Å². The molecule has 4 heteroatoms. The predicted molar refractivity (Wildman–Crippen MR) is 67.4 cm³/mol. The van der Waals surface area contributed by atoms with Crippen LogP contribution < -0.4 is 9.47 Å². The number of rotatable bonds is 6. The summed E-state index contributed by atoms with van der Waals surface area (Å²) in [7, 11) is 3.29. The van der Waals surface area contributed by atoms with Crippen molar-refractivity contribution in [2.24, 2.45) is 0 Å². The lowest BCUT2D eigenvalue weighted by Crippen LogP contribution is -1.96. The van der Waals surface area contributed by atoms with Crippen molar-refractivity contribution >= 4 is 15.9 Å². The quantitative estimate of drug-likeness (QED) is 0.805. The predicted octanol–water partition coefficient (Wildman–Crippen LogP) is 3.00. The van der Waals surface area contributed by atoms with Crippen LogP contribution in [0.4, 0.5) is 0 Å². The van der Waals surface area contributed by atoms with Gasteiger partial charge in [0.05, 0.1) is 13.7 Å². The van der Waals surface area contributed by atoms with E-state index in [2.05, 4.69) is 15.9 Å². The summed E-state index contributed by atoms with van der Waals surface area (Å²) in [5.74, 6) is 1.64. The van der Waals surface area contributed by atoms with Crippen molar-refractivity contribution in [1.82, 2.24) is 0 Å². The number of ether oxygens (including phenoxy) is 3. The highest BCUT2D eigenvalue weighted by atomic mass is 79.9. The van der Waals surface area contributed by atoms with Crippen molar-refractivity contribution in [3.05, 3.63) is 34.8 Å². The largest absolute Gasteiger partial charge is 0.497 e. The summed E-state index contributed by atoms with van der Waals surface area (Å²) in [6.45, 7) is 1.07. The molecule has 0 radical (unpaired) electrons. The Kier molecular flexibility index (Phi) is 5.96. The molecular weight excluding hydrogens is 272 g/mol. The van der Waals surface area contributed by atoms with Gasteiger partial charge in [0.1, 0.15) is 18.1 Å². The molecule has 0 unspecified atom stereocenters. The molecule has 0 spiro atoms. The molecule has 1 rings (SSSR count). The zero-order valence-corrected chi connectivity index (χ0v) is 11.0. The average molecular weight is 287 g/mol. The summed E-state index contributed by atoms with van der Waals surface area (Å²) in [6, 6.07) is 7.47. The standard InChI is InChI=1S/C12H15BrO3/c1-14-9-10(13)7-8-16-12-5-3-11(15-2)4-6-12/h3-7H,8-9H2,1-2H3/b10-7+. The number of methoxy groups -OCH3 is 2. The van der Waals surface area contributed by atoms with E-state index in [4.69, 9.17) is 14.2 Å². The Bertz CT molecular complexity index is 333. The van der Waals surface area contributed by atoms with Gasteiger partial charge in [-0.25, -0.2) is 0 Å². The first-order valence-electron chi connectivity index (χ1n) is 4.86. The van der Waals surface area contributed by atoms with Gasteiger partial charge in [-0.3, -0.25) is 0 Å². The Morgan fingerprint density at radius 2 is 1.81 bits per heavy atom. The van der Waals surface area contributed by atoms with E-state index in [0.29, 0.717) is 13.2 Å². The van der Waals surface area contributed by atoms with E-state index in [0.717, 1.165) is 16.0 Å². The number of halogens is 1. The van der Waals surface area contributed by atoms with E-state index >= 15 is 0 Å². The van der Waals surface area contributed by atoms with Gasteiger partial charge in [0.25, 0.3) is 0 Å². The normalized spacial score (nSPS) is 11.3. The molecule has 0 heterocycles. The molecule has 3 nitrogen and oxygen atoms in total. The zero-order valence-electron chi connectivity index (χ0n) is 9.40. The third kappa shape index (κ3) is 4.68. The van der Waals surface area contributed by atoms with Gasteiger partial charge in [0.15, 0.2) is 0 Å². The van der Waals surface area contributed by atoms with Crippen LogP contribution in [0.1, 0.15) is 0 Å². The second kappa shape index (κ2) is 7.30. The first kappa shape index (κ1) is 13.1. The molecule has 0 aliphatic carbocycles. The van der Waals surface area contributed by atoms with E-state index in [-0.39, 0.29) is 0 Å². The van der Waals surface area contributed by atoms with Crippen LogP contribution in [-0.2, 0) is 4.74 Å². The molecule has 0 saturated carbocycles. The summed E-state index contributed by atoms with van der Waals surface area (Å²) in [6.07, 6.45) is 1.92. The minimum Gasteiger partial charge on any atom is -0.497 e. The maximum absolute atomic E-state index is 5.50. The monoisotopic (exact) mass is 286 g/mol. The molecular formula is C12H15BrO3.